The molecule has 2 aliphatic rings. The van der Waals surface area contributed by atoms with E-state index in [0.29, 0.717) is 17.8 Å². The van der Waals surface area contributed by atoms with E-state index in [1.807, 2.05) is 44.7 Å². The van der Waals surface area contributed by atoms with Gasteiger partial charge >= 0.3 is 10.2 Å². The van der Waals surface area contributed by atoms with Gasteiger partial charge in [0.1, 0.15) is 11.6 Å². The minimum atomic E-state index is -4.43. The van der Waals surface area contributed by atoms with Crippen LogP contribution in [0.5, 0.6) is 5.75 Å². The number of benzene rings is 2. The van der Waals surface area contributed by atoms with Gasteiger partial charge in [-0.2, -0.15) is 8.42 Å². The van der Waals surface area contributed by atoms with Crippen molar-refractivity contribution >= 4 is 45.1 Å². The van der Waals surface area contributed by atoms with Crippen LogP contribution in [0.1, 0.15) is 44.7 Å². The Labute approximate surface area is 249 Å². The predicted octanol–water partition coefficient (Wildman–Crippen LogP) is 5.62. The van der Waals surface area contributed by atoms with Crippen molar-refractivity contribution in [3.05, 3.63) is 83.2 Å². The standard InChI is InChI=1S/C30H31ClFN5O4S/c1-6-26(39)35-15-19(5)36(16-18(35)4)30-21-14-22(31)28(27-23(32)11-9-13-25(27)38)33-29(21)37(42(40,41)34-30)24-12-8-7-10-20(24)17(2)3/h6-14,17-19,38H,1,15-16H2,2-5H3/t18-,19+/m1/s1. The van der Waals surface area contributed by atoms with Crippen LogP contribution in [0.4, 0.5) is 15.9 Å². The molecule has 220 valence electrons. The molecule has 12 heteroatoms. The minimum absolute atomic E-state index is 0.000541. The highest BCUT2D eigenvalue weighted by Crippen LogP contribution is 2.44. The fourth-order valence-electron chi connectivity index (χ4n) is 5.48. The molecule has 1 fully saturated rings. The second kappa shape index (κ2) is 11.0. The van der Waals surface area contributed by atoms with Crippen molar-refractivity contribution in [2.24, 2.45) is 4.40 Å². The molecule has 9 nitrogen and oxygen atoms in total. The normalized spacial score (nSPS) is 19.9. The van der Waals surface area contributed by atoms with Crippen molar-refractivity contribution < 1.29 is 22.7 Å². The van der Waals surface area contributed by atoms with E-state index in [-0.39, 0.29) is 58.4 Å². The van der Waals surface area contributed by atoms with Crippen LogP contribution in [0, 0.1) is 5.82 Å². The quantitative estimate of drug-likeness (QED) is 0.384. The average Bonchev–Trinajstić information content (AvgIpc) is 2.93. The number of anilines is 2. The number of hydrogen-bond donors (Lipinski definition) is 1. The van der Waals surface area contributed by atoms with Gasteiger partial charge in [-0.25, -0.2) is 13.7 Å². The number of fused-ring (bicyclic) bond motifs is 1. The summed E-state index contributed by atoms with van der Waals surface area (Å²) >= 11 is 6.69. The molecule has 0 aliphatic carbocycles. The van der Waals surface area contributed by atoms with E-state index in [1.165, 1.54) is 24.3 Å². The third-order valence-electron chi connectivity index (χ3n) is 7.54. The van der Waals surface area contributed by atoms with E-state index in [1.54, 1.807) is 17.0 Å². The number of nitrogens with zero attached hydrogens (tertiary/aromatic N) is 5. The van der Waals surface area contributed by atoms with Crippen molar-refractivity contribution in [1.82, 2.24) is 14.8 Å². The molecule has 3 aromatic rings. The Morgan fingerprint density at radius 2 is 1.86 bits per heavy atom. The fourth-order valence-corrected chi connectivity index (χ4v) is 7.00. The molecule has 0 spiro atoms. The van der Waals surface area contributed by atoms with Gasteiger partial charge in [-0.1, -0.05) is 56.3 Å². The summed E-state index contributed by atoms with van der Waals surface area (Å²) in [5, 5.41) is 10.5. The van der Waals surface area contributed by atoms with Gasteiger partial charge in [0.15, 0.2) is 11.7 Å². The van der Waals surface area contributed by atoms with Crippen LogP contribution in [0.2, 0.25) is 5.02 Å². The van der Waals surface area contributed by atoms with Gasteiger partial charge in [-0.3, -0.25) is 4.79 Å². The van der Waals surface area contributed by atoms with Gasteiger partial charge in [-0.15, -0.1) is 4.40 Å². The van der Waals surface area contributed by atoms with E-state index in [9.17, 15) is 18.3 Å². The van der Waals surface area contributed by atoms with E-state index in [2.05, 4.69) is 16.0 Å². The van der Waals surface area contributed by atoms with Crippen molar-refractivity contribution in [1.29, 1.82) is 0 Å². The number of amidine groups is 1. The first kappa shape index (κ1) is 29.5. The number of aromatic hydroxyl groups is 1. The predicted molar refractivity (Wildman–Crippen MR) is 162 cm³/mol. The van der Waals surface area contributed by atoms with Gasteiger partial charge in [0.25, 0.3) is 0 Å². The van der Waals surface area contributed by atoms with Crippen LogP contribution in [0.3, 0.4) is 0 Å². The number of piperazine rings is 1. The summed E-state index contributed by atoms with van der Waals surface area (Å²) in [5.74, 6) is -1.34. The Morgan fingerprint density at radius 1 is 1.14 bits per heavy atom. The number of amides is 1. The highest BCUT2D eigenvalue weighted by atomic mass is 35.5. The largest absolute Gasteiger partial charge is 0.507 e. The van der Waals surface area contributed by atoms with Crippen LogP contribution >= 0.6 is 11.6 Å². The molecule has 1 amide bonds. The number of carbonyl (C=O) groups excluding carboxylic acids is 1. The molecular weight excluding hydrogens is 581 g/mol. The van der Waals surface area contributed by atoms with Crippen LogP contribution in [0.25, 0.3) is 11.3 Å². The highest BCUT2D eigenvalue weighted by Gasteiger charge is 2.42. The summed E-state index contributed by atoms with van der Waals surface area (Å²) in [6.07, 6.45) is 1.25. The van der Waals surface area contributed by atoms with Crippen molar-refractivity contribution in [2.45, 2.75) is 45.7 Å². The lowest BCUT2D eigenvalue weighted by Crippen LogP contribution is -2.60. The van der Waals surface area contributed by atoms with Crippen molar-refractivity contribution in [3.8, 4) is 17.0 Å². The number of carbonyl (C=O) groups is 1. The molecule has 3 heterocycles. The molecule has 2 aliphatic heterocycles. The minimum Gasteiger partial charge on any atom is -0.507 e. The summed E-state index contributed by atoms with van der Waals surface area (Å²) in [4.78, 5) is 20.6. The van der Waals surface area contributed by atoms with Crippen LogP contribution in [0.15, 0.2) is 65.6 Å². The van der Waals surface area contributed by atoms with Crippen molar-refractivity contribution in [3.63, 3.8) is 0 Å². The Morgan fingerprint density at radius 3 is 2.52 bits per heavy atom. The zero-order valence-electron chi connectivity index (χ0n) is 23.6. The number of hydrogen-bond acceptors (Lipinski definition) is 6. The van der Waals surface area contributed by atoms with Gasteiger partial charge in [-0.05, 0) is 55.7 Å². The number of rotatable bonds is 4. The van der Waals surface area contributed by atoms with Crippen LogP contribution < -0.4 is 4.31 Å². The molecule has 0 radical (unpaired) electrons. The summed E-state index contributed by atoms with van der Waals surface area (Å²) in [5.41, 5.74) is 1.03. The lowest BCUT2D eigenvalue weighted by atomic mass is 10.0. The van der Waals surface area contributed by atoms with Gasteiger partial charge in [0.05, 0.1) is 27.5 Å². The van der Waals surface area contributed by atoms with Crippen LogP contribution in [-0.2, 0) is 15.0 Å². The molecule has 1 N–H and O–H groups in total. The Hall–Kier alpha value is -3.96. The maximum Gasteiger partial charge on any atom is 0.352 e. The third-order valence-corrected chi connectivity index (χ3v) is 9.07. The number of pyridine rings is 1. The lowest BCUT2D eigenvalue weighted by Gasteiger charge is -2.46. The Bertz CT molecular complexity index is 1710. The second-order valence-corrected chi connectivity index (χ2v) is 12.6. The first-order valence-electron chi connectivity index (χ1n) is 13.5. The Kier molecular flexibility index (Phi) is 7.76. The van der Waals surface area contributed by atoms with Gasteiger partial charge in [0.2, 0.25) is 5.91 Å². The fraction of sp³-hybridized carbons (Fsp3) is 0.300. The van der Waals surface area contributed by atoms with E-state index in [4.69, 9.17) is 11.6 Å². The summed E-state index contributed by atoms with van der Waals surface area (Å²) in [6, 6.07) is 11.7. The smallest absolute Gasteiger partial charge is 0.352 e. The third kappa shape index (κ3) is 5.00. The lowest BCUT2D eigenvalue weighted by molar-refractivity contribution is -0.130. The van der Waals surface area contributed by atoms with E-state index < -0.39 is 21.8 Å². The number of aromatic nitrogens is 1. The SMILES string of the molecule is C=CC(=O)N1C[C@H](C)N(C2=NS(=O)(=O)N(c3ccccc3C(C)C)c3nc(-c4c(O)cccc4F)c(Cl)cc32)C[C@H]1C. The maximum atomic E-state index is 15.0. The molecule has 5 rings (SSSR count). The summed E-state index contributed by atoms with van der Waals surface area (Å²) in [7, 11) is -4.43. The molecule has 0 saturated carbocycles. The molecule has 2 atom stereocenters. The van der Waals surface area contributed by atoms with Crippen molar-refractivity contribution in [2.75, 3.05) is 17.4 Å². The number of phenols is 1. The molecule has 42 heavy (non-hydrogen) atoms. The topological polar surface area (TPSA) is 106 Å². The van der Waals surface area contributed by atoms with Gasteiger partial charge in [0, 0.05) is 25.2 Å². The maximum absolute atomic E-state index is 15.0. The molecule has 1 saturated heterocycles. The molecule has 0 bridgehead atoms. The highest BCUT2D eigenvalue weighted by molar-refractivity contribution is 7.92. The zero-order valence-corrected chi connectivity index (χ0v) is 25.2. The average molecular weight is 612 g/mol. The number of para-hydroxylation sites is 1. The van der Waals surface area contributed by atoms with E-state index >= 15 is 4.39 Å². The molecular formula is C30H31ClFN5O4S. The first-order valence-corrected chi connectivity index (χ1v) is 15.3. The first-order chi connectivity index (χ1) is 19.9. The number of phenolic OH excluding ortho intramolecular Hbond substituents is 1. The van der Waals surface area contributed by atoms with Gasteiger partial charge < -0.3 is 14.9 Å². The zero-order chi connectivity index (χ0) is 30.5. The Balaban J connectivity index is 1.76. The monoisotopic (exact) mass is 611 g/mol. The molecule has 0 unspecified atom stereocenters. The number of halogens is 2. The van der Waals surface area contributed by atoms with Crippen LogP contribution in [-0.4, -0.2) is 65.2 Å². The summed E-state index contributed by atoms with van der Waals surface area (Å²) in [6.45, 7) is 11.8. The summed E-state index contributed by atoms with van der Waals surface area (Å²) < 4.78 is 48.5. The van der Waals surface area contributed by atoms with E-state index in [0.717, 1.165) is 15.9 Å². The molecule has 2 aromatic carbocycles. The molecule has 1 aromatic heterocycles. The second-order valence-electron chi connectivity index (χ2n) is 10.7.